The quantitative estimate of drug-likeness (QED) is 0.128. The van der Waals surface area contributed by atoms with Crippen molar-refractivity contribution in [2.45, 2.75) is 90.9 Å². The summed E-state index contributed by atoms with van der Waals surface area (Å²) in [4.78, 5) is 9.60. The van der Waals surface area contributed by atoms with Crippen molar-refractivity contribution in [1.82, 2.24) is 9.55 Å². The molecule has 0 radical (unpaired) electrons. The van der Waals surface area contributed by atoms with Gasteiger partial charge in [-0.05, 0) is 86.1 Å². The van der Waals surface area contributed by atoms with Crippen molar-refractivity contribution in [3.8, 4) is 28.4 Å². The van der Waals surface area contributed by atoms with Crippen LogP contribution in [0.25, 0.3) is 38.8 Å². The molecule has 0 saturated heterocycles. The summed E-state index contributed by atoms with van der Waals surface area (Å²) < 4.78 is 9.23. The number of aromatic nitrogens is 2. The van der Waals surface area contributed by atoms with Gasteiger partial charge >= 0.3 is 0 Å². The smallest absolute Gasteiger partial charge is 0.135 e. The van der Waals surface area contributed by atoms with Crippen LogP contribution in [-0.4, -0.2) is 9.55 Å². The summed E-state index contributed by atoms with van der Waals surface area (Å²) in [6.07, 6.45) is 4.21. The summed E-state index contributed by atoms with van der Waals surface area (Å²) in [5, 5.41) is 2.19. The third kappa shape index (κ3) is 9.25. The number of fused-ring (bicyclic) bond motifs is 3. The molecule has 0 saturated carbocycles. The van der Waals surface area contributed by atoms with E-state index in [0.29, 0.717) is 11.5 Å². The summed E-state index contributed by atoms with van der Waals surface area (Å²) in [7, 11) is 0. The number of hydrogen-bond acceptors (Lipinski definition) is 4. The molecule has 1 aliphatic rings. The summed E-state index contributed by atoms with van der Waals surface area (Å²) >= 11 is 0. The van der Waals surface area contributed by atoms with Crippen molar-refractivity contribution in [3.05, 3.63) is 235 Å². The average molecular weight is 1100 g/mol. The maximum atomic E-state index is 6.99. The number of hydrogen-bond donors (Lipinski definition) is 0. The summed E-state index contributed by atoms with van der Waals surface area (Å²) in [6.45, 7) is 24.9. The van der Waals surface area contributed by atoms with Crippen LogP contribution in [0, 0.1) is 18.8 Å². The van der Waals surface area contributed by atoms with Gasteiger partial charge in [0.15, 0.2) is 0 Å². The van der Waals surface area contributed by atoms with E-state index in [9.17, 15) is 0 Å². The largest absolute Gasteiger partial charge is 0.509 e. The van der Waals surface area contributed by atoms with Crippen molar-refractivity contribution >= 4 is 33.2 Å². The molecular formula is C64H61N4OPt-3. The van der Waals surface area contributed by atoms with Gasteiger partial charge in [-0.15, -0.1) is 53.6 Å². The topological polar surface area (TPSA) is 33.5 Å². The third-order valence-electron chi connectivity index (χ3n) is 14.0. The van der Waals surface area contributed by atoms with E-state index in [0.717, 1.165) is 55.8 Å². The SMILES string of the molecule is CC(C)(C)c1cc(Oc2[c-]c3c(cc2)c2cc(-c4ccccc4)ccc2n3-c2cc(C(C)(C)c3ccccc3)ccn2)[c-]c(N2[CH-]N(c3cccc(C(C)(C)C)c3)C=C2C(C)(C)c2ccccc2)c1.[Pt]. The molecule has 0 amide bonds. The molecule has 0 atom stereocenters. The van der Waals surface area contributed by atoms with Crippen molar-refractivity contribution < 1.29 is 25.8 Å². The van der Waals surface area contributed by atoms with Crippen LogP contribution >= 0.6 is 0 Å². The molecule has 2 aromatic heterocycles. The van der Waals surface area contributed by atoms with E-state index in [4.69, 9.17) is 9.72 Å². The molecule has 1 aliphatic heterocycles. The first-order valence-electron chi connectivity index (χ1n) is 24.1. The zero-order valence-electron chi connectivity index (χ0n) is 41.9. The second-order valence-corrected chi connectivity index (χ2v) is 21.6. The maximum absolute atomic E-state index is 6.99. The van der Waals surface area contributed by atoms with E-state index >= 15 is 0 Å². The van der Waals surface area contributed by atoms with Crippen LogP contribution in [0.15, 0.2) is 188 Å². The van der Waals surface area contributed by atoms with Crippen LogP contribution in [0.4, 0.5) is 11.4 Å². The van der Waals surface area contributed by atoms with Gasteiger partial charge in [0.25, 0.3) is 0 Å². The Balaban J connectivity index is 0.00000608. The van der Waals surface area contributed by atoms with Gasteiger partial charge in [0.05, 0.1) is 0 Å². The minimum Gasteiger partial charge on any atom is -0.509 e. The van der Waals surface area contributed by atoms with Gasteiger partial charge in [0.2, 0.25) is 0 Å². The Bertz CT molecular complexity index is 3360. The van der Waals surface area contributed by atoms with Crippen molar-refractivity contribution in [1.29, 1.82) is 0 Å². The molecule has 9 aromatic rings. The molecule has 70 heavy (non-hydrogen) atoms. The van der Waals surface area contributed by atoms with Crippen LogP contribution in [0.2, 0.25) is 0 Å². The van der Waals surface area contributed by atoms with E-state index < -0.39 is 0 Å². The van der Waals surface area contributed by atoms with E-state index in [1.165, 1.54) is 27.8 Å². The Morgan fingerprint density at radius 3 is 1.81 bits per heavy atom. The van der Waals surface area contributed by atoms with Gasteiger partial charge < -0.3 is 19.1 Å². The predicted molar refractivity (Wildman–Crippen MR) is 287 cm³/mol. The molecule has 0 fully saturated rings. The minimum absolute atomic E-state index is 0. The summed E-state index contributed by atoms with van der Waals surface area (Å²) in [5.41, 5.74) is 12.6. The first-order chi connectivity index (χ1) is 32.9. The number of anilines is 2. The fourth-order valence-corrected chi connectivity index (χ4v) is 9.59. The normalized spacial score (nSPS) is 13.4. The fraction of sp³-hybridized carbons (Fsp3) is 0.219. The van der Waals surface area contributed by atoms with Gasteiger partial charge in [0.1, 0.15) is 5.82 Å². The Hall–Kier alpha value is -6.68. The molecule has 0 spiro atoms. The van der Waals surface area contributed by atoms with Gasteiger partial charge in [-0.3, -0.25) is 0 Å². The zero-order chi connectivity index (χ0) is 48.3. The van der Waals surface area contributed by atoms with Crippen LogP contribution in [-0.2, 0) is 42.7 Å². The van der Waals surface area contributed by atoms with Gasteiger partial charge in [-0.2, -0.15) is 6.07 Å². The van der Waals surface area contributed by atoms with Crippen molar-refractivity contribution in [2.75, 3.05) is 9.80 Å². The van der Waals surface area contributed by atoms with Gasteiger partial charge in [-0.1, -0.05) is 190 Å². The second-order valence-electron chi connectivity index (χ2n) is 21.6. The van der Waals surface area contributed by atoms with Gasteiger partial charge in [0, 0.05) is 66.5 Å². The molecule has 0 N–H and O–H groups in total. The number of nitrogens with zero attached hydrogens (tertiary/aromatic N) is 4. The van der Waals surface area contributed by atoms with Crippen LogP contribution in [0.3, 0.4) is 0 Å². The number of pyridine rings is 1. The molecule has 10 rings (SSSR count). The maximum Gasteiger partial charge on any atom is 0.135 e. The Kier molecular flexibility index (Phi) is 12.8. The third-order valence-corrected chi connectivity index (χ3v) is 14.0. The fourth-order valence-electron chi connectivity index (χ4n) is 9.59. The molecular weight excluding hydrogens is 1040 g/mol. The van der Waals surface area contributed by atoms with E-state index in [-0.39, 0.29) is 42.7 Å². The van der Waals surface area contributed by atoms with Crippen molar-refractivity contribution in [2.24, 2.45) is 0 Å². The van der Waals surface area contributed by atoms with Crippen LogP contribution in [0.1, 0.15) is 97.1 Å². The molecule has 6 heteroatoms. The van der Waals surface area contributed by atoms with Gasteiger partial charge in [-0.25, -0.2) is 4.98 Å². The Morgan fingerprint density at radius 1 is 0.500 bits per heavy atom. The number of rotatable bonds is 10. The van der Waals surface area contributed by atoms with E-state index in [1.54, 1.807) is 0 Å². The number of benzene rings is 7. The van der Waals surface area contributed by atoms with Crippen molar-refractivity contribution in [3.63, 3.8) is 0 Å². The monoisotopic (exact) mass is 1100 g/mol. The molecule has 0 bridgehead atoms. The first-order valence-corrected chi connectivity index (χ1v) is 24.1. The number of allylic oxidation sites excluding steroid dienone is 1. The second kappa shape index (κ2) is 18.6. The molecule has 0 aliphatic carbocycles. The Morgan fingerprint density at radius 2 is 1.14 bits per heavy atom. The Labute approximate surface area is 429 Å². The predicted octanol–water partition coefficient (Wildman–Crippen LogP) is 16.4. The number of ether oxygens (including phenoxy) is 1. The van der Waals surface area contributed by atoms with Crippen LogP contribution in [0.5, 0.6) is 11.5 Å². The standard InChI is InChI=1S/C64H61N4O.Pt/c1-61(2,3)48-27-20-28-51(36-48)66-42-59(64(9,10)47-25-18-13-19-26-47)67(43-66)52-37-50(62(4,5)6)38-54(40-52)69-53-30-31-55-56-35-45(44-21-14-11-15-22-44)29-32-57(56)68(58(55)41-53)60-39-49(33-34-65-60)63(7,8)46-23-16-12-17-24-46;/h11-39,42-43H,1-10H3;/q-3;. The molecule has 356 valence electrons. The molecule has 3 heterocycles. The summed E-state index contributed by atoms with van der Waals surface area (Å²) in [6, 6.07) is 68.1. The first kappa shape index (κ1) is 48.3. The minimum atomic E-state index is -0.366. The van der Waals surface area contributed by atoms with Crippen LogP contribution < -0.4 is 14.5 Å². The molecule has 7 aromatic carbocycles. The molecule has 5 nitrogen and oxygen atoms in total. The summed E-state index contributed by atoms with van der Waals surface area (Å²) in [5.74, 6) is 2.03. The molecule has 0 unspecified atom stereocenters. The average Bonchev–Trinajstić information content (AvgIpc) is 3.95. The van der Waals surface area contributed by atoms with E-state index in [2.05, 4.69) is 272 Å². The van der Waals surface area contributed by atoms with E-state index in [1.807, 2.05) is 12.3 Å². The zero-order valence-corrected chi connectivity index (χ0v) is 44.2.